The van der Waals surface area contributed by atoms with Crippen LogP contribution < -0.4 is 4.90 Å². The van der Waals surface area contributed by atoms with E-state index in [1.54, 1.807) is 12.4 Å². The predicted molar refractivity (Wildman–Crippen MR) is 104 cm³/mol. The zero-order chi connectivity index (χ0) is 18.6. The van der Waals surface area contributed by atoms with E-state index in [0.717, 1.165) is 49.1 Å². The molecule has 3 heterocycles. The van der Waals surface area contributed by atoms with Gasteiger partial charge in [0.15, 0.2) is 0 Å². The first-order valence-corrected chi connectivity index (χ1v) is 9.19. The Kier molecular flexibility index (Phi) is 4.87. The van der Waals surface area contributed by atoms with Crippen LogP contribution in [0.4, 0.5) is 5.95 Å². The molecule has 6 nitrogen and oxygen atoms in total. The van der Waals surface area contributed by atoms with E-state index in [1.165, 1.54) is 0 Å². The molecule has 0 bridgehead atoms. The highest BCUT2D eigenvalue weighted by molar-refractivity contribution is 5.94. The molecule has 0 unspecified atom stereocenters. The maximum atomic E-state index is 12.9. The molecule has 0 radical (unpaired) electrons. The van der Waals surface area contributed by atoms with Gasteiger partial charge in [0.05, 0.1) is 0 Å². The van der Waals surface area contributed by atoms with Crippen LogP contribution in [-0.2, 0) is 0 Å². The van der Waals surface area contributed by atoms with E-state index in [0.29, 0.717) is 12.1 Å². The molecule has 1 saturated heterocycles. The van der Waals surface area contributed by atoms with Gasteiger partial charge in [0, 0.05) is 49.7 Å². The van der Waals surface area contributed by atoms with Crippen LogP contribution in [0.3, 0.4) is 0 Å². The van der Waals surface area contributed by atoms with Crippen molar-refractivity contribution in [2.45, 2.75) is 13.3 Å². The summed E-state index contributed by atoms with van der Waals surface area (Å²) in [4.78, 5) is 25.6. The monoisotopic (exact) mass is 362 g/mol. The standard InChI is InChI=1S/C21H22N4O2/c1-16-4-9-19(27-16)17-5-7-18(8-6-17)20(26)24-12-3-13-25(15-14-24)21-22-10-2-11-23-21/h2,4-11H,3,12-15H2,1H3. The van der Waals surface area contributed by atoms with E-state index < -0.39 is 0 Å². The lowest BCUT2D eigenvalue weighted by molar-refractivity contribution is 0.0767. The quantitative estimate of drug-likeness (QED) is 0.715. The van der Waals surface area contributed by atoms with Crippen molar-refractivity contribution in [2.75, 3.05) is 31.1 Å². The number of carbonyl (C=O) groups is 1. The number of carbonyl (C=O) groups excluding carboxylic acids is 1. The van der Waals surface area contributed by atoms with Crippen molar-refractivity contribution in [3.63, 3.8) is 0 Å². The molecule has 138 valence electrons. The molecule has 6 heteroatoms. The van der Waals surface area contributed by atoms with Gasteiger partial charge < -0.3 is 14.2 Å². The van der Waals surface area contributed by atoms with Crippen LogP contribution in [0.2, 0.25) is 0 Å². The van der Waals surface area contributed by atoms with Crippen molar-refractivity contribution in [3.05, 3.63) is 66.2 Å². The van der Waals surface area contributed by atoms with Crippen molar-refractivity contribution < 1.29 is 9.21 Å². The fourth-order valence-electron chi connectivity index (χ4n) is 3.32. The third-order valence-corrected chi connectivity index (χ3v) is 4.77. The van der Waals surface area contributed by atoms with E-state index in [-0.39, 0.29) is 5.91 Å². The summed E-state index contributed by atoms with van der Waals surface area (Å²) in [6.45, 7) is 4.91. The molecule has 0 N–H and O–H groups in total. The maximum absolute atomic E-state index is 12.9. The lowest BCUT2D eigenvalue weighted by Crippen LogP contribution is -2.35. The second-order valence-electron chi connectivity index (χ2n) is 6.67. The fraction of sp³-hybridized carbons (Fsp3) is 0.286. The average Bonchev–Trinajstić information content (AvgIpc) is 3.00. The Labute approximate surface area is 158 Å². The summed E-state index contributed by atoms with van der Waals surface area (Å²) in [5, 5.41) is 0. The molecule has 27 heavy (non-hydrogen) atoms. The van der Waals surface area contributed by atoms with Crippen molar-refractivity contribution in [1.82, 2.24) is 14.9 Å². The Balaban J connectivity index is 1.43. The molecule has 1 amide bonds. The summed E-state index contributed by atoms with van der Waals surface area (Å²) in [5.41, 5.74) is 1.68. The maximum Gasteiger partial charge on any atom is 0.253 e. The zero-order valence-electron chi connectivity index (χ0n) is 15.3. The minimum absolute atomic E-state index is 0.0630. The van der Waals surface area contributed by atoms with Crippen LogP contribution in [0, 0.1) is 6.92 Å². The molecule has 0 aliphatic carbocycles. The van der Waals surface area contributed by atoms with Gasteiger partial charge in [-0.3, -0.25) is 4.79 Å². The number of hydrogen-bond acceptors (Lipinski definition) is 5. The molecule has 1 aliphatic rings. The molecule has 0 saturated carbocycles. The zero-order valence-corrected chi connectivity index (χ0v) is 15.3. The van der Waals surface area contributed by atoms with E-state index in [9.17, 15) is 4.79 Å². The molecule has 0 atom stereocenters. The molecular weight excluding hydrogens is 340 g/mol. The minimum atomic E-state index is 0.0630. The molecule has 2 aromatic heterocycles. The van der Waals surface area contributed by atoms with Crippen molar-refractivity contribution in [3.8, 4) is 11.3 Å². The van der Waals surface area contributed by atoms with Gasteiger partial charge in [0.25, 0.3) is 5.91 Å². The van der Waals surface area contributed by atoms with Crippen molar-refractivity contribution in [2.24, 2.45) is 0 Å². The Morgan fingerprint density at radius 2 is 1.74 bits per heavy atom. The lowest BCUT2D eigenvalue weighted by atomic mass is 10.1. The summed E-state index contributed by atoms with van der Waals surface area (Å²) in [7, 11) is 0. The number of anilines is 1. The molecule has 0 spiro atoms. The molecule has 3 aromatic rings. The number of amides is 1. The predicted octanol–water partition coefficient (Wildman–Crippen LogP) is 3.40. The highest BCUT2D eigenvalue weighted by Gasteiger charge is 2.21. The molecule has 1 aliphatic heterocycles. The minimum Gasteiger partial charge on any atom is -0.461 e. The topological polar surface area (TPSA) is 62.5 Å². The summed E-state index contributed by atoms with van der Waals surface area (Å²) >= 11 is 0. The SMILES string of the molecule is Cc1ccc(-c2ccc(C(=O)N3CCCN(c4ncccn4)CC3)cc2)o1. The number of nitrogens with zero attached hydrogens (tertiary/aromatic N) is 4. The molecule has 4 rings (SSSR count). The van der Waals surface area contributed by atoms with Crippen LogP contribution in [0.25, 0.3) is 11.3 Å². The number of aryl methyl sites for hydroxylation is 1. The highest BCUT2D eigenvalue weighted by Crippen LogP contribution is 2.23. The second-order valence-corrected chi connectivity index (χ2v) is 6.67. The first-order valence-electron chi connectivity index (χ1n) is 9.19. The largest absolute Gasteiger partial charge is 0.461 e. The molecule has 1 aromatic carbocycles. The van der Waals surface area contributed by atoms with E-state index in [2.05, 4.69) is 14.9 Å². The van der Waals surface area contributed by atoms with Gasteiger partial charge in [0.2, 0.25) is 5.95 Å². The number of rotatable bonds is 3. The molecule has 1 fully saturated rings. The van der Waals surface area contributed by atoms with Gasteiger partial charge in [-0.05, 0) is 43.7 Å². The lowest BCUT2D eigenvalue weighted by Gasteiger charge is -2.22. The first-order chi connectivity index (χ1) is 13.2. The number of hydrogen-bond donors (Lipinski definition) is 0. The number of furan rings is 1. The van der Waals surface area contributed by atoms with Gasteiger partial charge >= 0.3 is 0 Å². The van der Waals surface area contributed by atoms with Gasteiger partial charge in [-0.2, -0.15) is 0 Å². The van der Waals surface area contributed by atoms with Crippen LogP contribution in [0.1, 0.15) is 22.5 Å². The number of aromatic nitrogens is 2. The van der Waals surface area contributed by atoms with Gasteiger partial charge in [-0.15, -0.1) is 0 Å². The van der Waals surface area contributed by atoms with Crippen LogP contribution in [0.15, 0.2) is 59.3 Å². The fourth-order valence-corrected chi connectivity index (χ4v) is 3.32. The summed E-state index contributed by atoms with van der Waals surface area (Å²) in [5.74, 6) is 2.49. The summed E-state index contributed by atoms with van der Waals surface area (Å²) in [6, 6.07) is 13.3. The van der Waals surface area contributed by atoms with E-state index in [4.69, 9.17) is 4.42 Å². The smallest absolute Gasteiger partial charge is 0.253 e. The van der Waals surface area contributed by atoms with Gasteiger partial charge in [0.1, 0.15) is 11.5 Å². The Morgan fingerprint density at radius 1 is 0.963 bits per heavy atom. The third-order valence-electron chi connectivity index (χ3n) is 4.77. The second kappa shape index (κ2) is 7.61. The normalized spacial score (nSPS) is 14.9. The van der Waals surface area contributed by atoms with Crippen LogP contribution >= 0.6 is 0 Å². The van der Waals surface area contributed by atoms with Crippen molar-refractivity contribution in [1.29, 1.82) is 0 Å². The Hall–Kier alpha value is -3.15. The average molecular weight is 362 g/mol. The van der Waals surface area contributed by atoms with E-state index >= 15 is 0 Å². The van der Waals surface area contributed by atoms with Crippen LogP contribution in [0.5, 0.6) is 0 Å². The number of benzene rings is 1. The molecular formula is C21H22N4O2. The van der Waals surface area contributed by atoms with Gasteiger partial charge in [-0.1, -0.05) is 12.1 Å². The Bertz CT molecular complexity index is 905. The van der Waals surface area contributed by atoms with Crippen molar-refractivity contribution >= 4 is 11.9 Å². The van der Waals surface area contributed by atoms with E-state index in [1.807, 2.05) is 54.3 Å². The summed E-state index contributed by atoms with van der Waals surface area (Å²) in [6.07, 6.45) is 4.39. The van der Waals surface area contributed by atoms with Crippen LogP contribution in [-0.4, -0.2) is 47.0 Å². The third kappa shape index (κ3) is 3.84. The van der Waals surface area contributed by atoms with Gasteiger partial charge in [-0.25, -0.2) is 9.97 Å². The highest BCUT2D eigenvalue weighted by atomic mass is 16.3. The first kappa shape index (κ1) is 17.3. The summed E-state index contributed by atoms with van der Waals surface area (Å²) < 4.78 is 5.64. The Morgan fingerprint density at radius 3 is 2.44 bits per heavy atom.